The van der Waals surface area contributed by atoms with Crippen LogP contribution in [0.15, 0.2) is 0 Å². The van der Waals surface area contributed by atoms with E-state index >= 15 is 0 Å². The van der Waals surface area contributed by atoms with Crippen LogP contribution in [0, 0.1) is 52.3 Å². The van der Waals surface area contributed by atoms with Crippen molar-refractivity contribution in [2.45, 2.75) is 103 Å². The maximum absolute atomic E-state index is 11.6. The molecule has 5 heteroatoms. The van der Waals surface area contributed by atoms with Crippen molar-refractivity contribution in [3.63, 3.8) is 0 Å². The van der Waals surface area contributed by atoms with Gasteiger partial charge < -0.3 is 25.5 Å². The van der Waals surface area contributed by atoms with Gasteiger partial charge in [0, 0.05) is 19.1 Å². The quantitative estimate of drug-likeness (QED) is 0.408. The molecular weight excluding hydrogens is 404 g/mol. The van der Waals surface area contributed by atoms with Crippen LogP contribution in [0.25, 0.3) is 0 Å². The summed E-state index contributed by atoms with van der Waals surface area (Å²) in [6.07, 6.45) is 8.51. The fraction of sp³-hybridized carbons (Fsp3) is 1.00. The van der Waals surface area contributed by atoms with Crippen molar-refractivity contribution in [3.8, 4) is 0 Å². The minimum Gasteiger partial charge on any atom is -0.396 e. The molecule has 0 aromatic carbocycles. The van der Waals surface area contributed by atoms with E-state index in [1.165, 1.54) is 0 Å². The Hall–Kier alpha value is -0.200. The molecule has 0 saturated heterocycles. The number of hydrogen-bond donors (Lipinski definition) is 5. The SMILES string of the molecule is C[C@@H](CCCC(CO)CO)[C@H]1CC[C@H]2[C@@H]3[C@H](O)C[C@H]4C[C@@H](O)CC[C@]4(C)[C@H]3C[C@H](O)[C@]12C. The molecule has 32 heavy (non-hydrogen) atoms. The molecule has 186 valence electrons. The van der Waals surface area contributed by atoms with Crippen LogP contribution in [0.1, 0.15) is 85.0 Å². The Bertz CT molecular complexity index is 638. The summed E-state index contributed by atoms with van der Waals surface area (Å²) in [7, 11) is 0. The first-order chi connectivity index (χ1) is 15.2. The Labute approximate surface area is 194 Å². The molecule has 0 heterocycles. The van der Waals surface area contributed by atoms with Crippen LogP contribution in [-0.4, -0.2) is 57.1 Å². The fourth-order valence-corrected chi connectivity index (χ4v) is 9.30. The van der Waals surface area contributed by atoms with Crippen molar-refractivity contribution in [2.24, 2.45) is 52.3 Å². The van der Waals surface area contributed by atoms with Gasteiger partial charge in [0.05, 0.1) is 18.3 Å². The zero-order valence-corrected chi connectivity index (χ0v) is 20.5. The highest BCUT2D eigenvalue weighted by atomic mass is 16.3. The minimum atomic E-state index is -0.332. The van der Waals surface area contributed by atoms with Crippen molar-refractivity contribution < 1.29 is 25.5 Å². The number of hydrogen-bond acceptors (Lipinski definition) is 5. The lowest BCUT2D eigenvalue weighted by Gasteiger charge is -2.63. The molecule has 0 aromatic heterocycles. The first kappa shape index (κ1) is 24.9. The second-order valence-electron chi connectivity index (χ2n) is 12.7. The third-order valence-electron chi connectivity index (χ3n) is 11.3. The molecule has 4 saturated carbocycles. The van der Waals surface area contributed by atoms with Crippen LogP contribution in [0.2, 0.25) is 0 Å². The van der Waals surface area contributed by atoms with Gasteiger partial charge in [0.1, 0.15) is 0 Å². The summed E-state index contributed by atoms with van der Waals surface area (Å²) >= 11 is 0. The van der Waals surface area contributed by atoms with E-state index in [9.17, 15) is 25.5 Å². The lowest BCUT2D eigenvalue weighted by atomic mass is 9.43. The zero-order valence-electron chi connectivity index (χ0n) is 20.5. The van der Waals surface area contributed by atoms with E-state index in [1.807, 2.05) is 0 Å². The Morgan fingerprint density at radius 2 is 1.59 bits per heavy atom. The van der Waals surface area contributed by atoms with E-state index in [0.717, 1.165) is 64.2 Å². The molecule has 0 aliphatic heterocycles. The Morgan fingerprint density at radius 1 is 0.875 bits per heavy atom. The van der Waals surface area contributed by atoms with Gasteiger partial charge in [-0.3, -0.25) is 0 Å². The summed E-state index contributed by atoms with van der Waals surface area (Å²) in [6.45, 7) is 7.11. The first-order valence-corrected chi connectivity index (χ1v) is 13.4. The van der Waals surface area contributed by atoms with Crippen molar-refractivity contribution in [1.82, 2.24) is 0 Å². The normalized spacial score (nSPS) is 49.4. The molecule has 11 atom stereocenters. The number of fused-ring (bicyclic) bond motifs is 5. The van der Waals surface area contributed by atoms with Gasteiger partial charge in [-0.1, -0.05) is 33.6 Å². The monoisotopic (exact) mass is 452 g/mol. The third kappa shape index (κ3) is 3.98. The lowest BCUT2D eigenvalue weighted by molar-refractivity contribution is -0.207. The zero-order chi connectivity index (χ0) is 23.3. The van der Waals surface area contributed by atoms with Crippen LogP contribution < -0.4 is 0 Å². The highest BCUT2D eigenvalue weighted by Crippen LogP contribution is 2.68. The van der Waals surface area contributed by atoms with Gasteiger partial charge in [-0.25, -0.2) is 0 Å². The summed E-state index contributed by atoms with van der Waals surface area (Å²) in [5.41, 5.74) is -0.0228. The highest BCUT2D eigenvalue weighted by Gasteiger charge is 2.65. The molecule has 4 fully saturated rings. The van der Waals surface area contributed by atoms with E-state index in [4.69, 9.17) is 0 Å². The smallest absolute Gasteiger partial charge is 0.0602 e. The van der Waals surface area contributed by atoms with Crippen LogP contribution >= 0.6 is 0 Å². The molecule has 0 amide bonds. The maximum atomic E-state index is 11.6. The second kappa shape index (κ2) is 9.45. The molecule has 5 nitrogen and oxygen atoms in total. The summed E-state index contributed by atoms with van der Waals surface area (Å²) in [6, 6.07) is 0. The second-order valence-corrected chi connectivity index (χ2v) is 12.7. The molecule has 0 spiro atoms. The Morgan fingerprint density at radius 3 is 2.28 bits per heavy atom. The minimum absolute atomic E-state index is 0.0183. The Balaban J connectivity index is 1.50. The summed E-state index contributed by atoms with van der Waals surface area (Å²) in [4.78, 5) is 0. The maximum Gasteiger partial charge on any atom is 0.0602 e. The molecule has 4 aliphatic carbocycles. The summed E-state index contributed by atoms with van der Waals surface area (Å²) < 4.78 is 0. The predicted molar refractivity (Wildman–Crippen MR) is 125 cm³/mol. The molecule has 0 unspecified atom stereocenters. The molecule has 4 aliphatic rings. The molecule has 0 bridgehead atoms. The summed E-state index contributed by atoms with van der Waals surface area (Å²) in [5, 5.41) is 52.0. The molecule has 0 radical (unpaired) electrons. The number of rotatable bonds is 7. The topological polar surface area (TPSA) is 101 Å². The van der Waals surface area contributed by atoms with Gasteiger partial charge in [0.25, 0.3) is 0 Å². The van der Waals surface area contributed by atoms with E-state index < -0.39 is 0 Å². The third-order valence-corrected chi connectivity index (χ3v) is 11.3. The van der Waals surface area contributed by atoms with Crippen LogP contribution in [0.4, 0.5) is 0 Å². The Kier molecular flexibility index (Phi) is 7.36. The largest absolute Gasteiger partial charge is 0.396 e. The standard InChI is InChI=1S/C27H48O5/c1-16(5-4-6-17(14-28)15-29)20-7-8-21-25-22(13-24(32)27(20,21)3)26(2)10-9-19(30)11-18(26)12-23(25)31/h16-25,28-32H,4-15H2,1-3H3/t16-,18+,19-,20+,21-,22-,23+,24-,25-,26-,27+/m0/s1. The van der Waals surface area contributed by atoms with Gasteiger partial charge in [-0.15, -0.1) is 0 Å². The van der Waals surface area contributed by atoms with Gasteiger partial charge in [-0.2, -0.15) is 0 Å². The molecule has 4 rings (SSSR count). The molecular formula is C27H48O5. The van der Waals surface area contributed by atoms with Crippen molar-refractivity contribution in [1.29, 1.82) is 0 Å². The van der Waals surface area contributed by atoms with Crippen molar-refractivity contribution >= 4 is 0 Å². The summed E-state index contributed by atoms with van der Waals surface area (Å²) in [5.74, 6) is 2.27. The van der Waals surface area contributed by atoms with E-state index in [2.05, 4.69) is 20.8 Å². The van der Waals surface area contributed by atoms with Crippen LogP contribution in [0.5, 0.6) is 0 Å². The van der Waals surface area contributed by atoms with Crippen LogP contribution in [-0.2, 0) is 0 Å². The molecule has 5 N–H and O–H groups in total. The van der Waals surface area contributed by atoms with E-state index in [0.29, 0.717) is 29.6 Å². The van der Waals surface area contributed by atoms with Gasteiger partial charge in [0.15, 0.2) is 0 Å². The van der Waals surface area contributed by atoms with Gasteiger partial charge in [-0.05, 0) is 97.7 Å². The number of aliphatic hydroxyl groups excluding tert-OH is 5. The van der Waals surface area contributed by atoms with Crippen molar-refractivity contribution in [2.75, 3.05) is 13.2 Å². The highest BCUT2D eigenvalue weighted by molar-refractivity contribution is 5.14. The molecule has 0 aromatic rings. The lowest BCUT2D eigenvalue weighted by Crippen LogP contribution is -2.62. The van der Waals surface area contributed by atoms with Gasteiger partial charge >= 0.3 is 0 Å². The van der Waals surface area contributed by atoms with E-state index in [1.54, 1.807) is 0 Å². The average molecular weight is 453 g/mol. The van der Waals surface area contributed by atoms with Gasteiger partial charge in [0.2, 0.25) is 0 Å². The number of aliphatic hydroxyl groups is 5. The van der Waals surface area contributed by atoms with Crippen LogP contribution in [0.3, 0.4) is 0 Å². The fourth-order valence-electron chi connectivity index (χ4n) is 9.30. The first-order valence-electron chi connectivity index (χ1n) is 13.4. The van der Waals surface area contributed by atoms with Crippen molar-refractivity contribution in [3.05, 3.63) is 0 Å². The predicted octanol–water partition coefficient (Wildman–Crippen LogP) is 3.36. The van der Waals surface area contributed by atoms with E-state index in [-0.39, 0.29) is 54.2 Å². The average Bonchev–Trinajstić information content (AvgIpc) is 3.12.